The molecule has 0 aromatic heterocycles. The van der Waals surface area contributed by atoms with Crippen molar-refractivity contribution in [2.75, 3.05) is 19.6 Å². The zero-order chi connectivity index (χ0) is 15.8. The van der Waals surface area contributed by atoms with Crippen LogP contribution in [0.25, 0.3) is 0 Å². The van der Waals surface area contributed by atoms with Crippen molar-refractivity contribution >= 4 is 5.84 Å². The number of rotatable bonds is 7. The van der Waals surface area contributed by atoms with E-state index in [1.165, 1.54) is 19.3 Å². The maximum Gasteiger partial charge on any atom is 0.115 e. The third-order valence-electron chi connectivity index (χ3n) is 4.39. The highest BCUT2D eigenvalue weighted by Gasteiger charge is 2.19. The molecule has 0 aliphatic carbocycles. The van der Waals surface area contributed by atoms with Crippen molar-refractivity contribution in [1.82, 2.24) is 10.2 Å². The SMILES string of the molecule is C=C(NCC(=N)N1CCC(CC)CC1)C(C)/C=C/C(C)C. The first-order chi connectivity index (χ1) is 9.93. The van der Waals surface area contributed by atoms with Gasteiger partial charge >= 0.3 is 0 Å². The van der Waals surface area contributed by atoms with Crippen molar-refractivity contribution in [2.24, 2.45) is 17.8 Å². The average molecular weight is 291 g/mol. The summed E-state index contributed by atoms with van der Waals surface area (Å²) in [5, 5.41) is 11.5. The number of hydrogen-bond acceptors (Lipinski definition) is 2. The number of amidine groups is 1. The van der Waals surface area contributed by atoms with Crippen LogP contribution in [0, 0.1) is 23.2 Å². The number of piperidine rings is 1. The monoisotopic (exact) mass is 291 g/mol. The molecule has 21 heavy (non-hydrogen) atoms. The minimum absolute atomic E-state index is 0.311. The van der Waals surface area contributed by atoms with Crippen molar-refractivity contribution in [3.05, 3.63) is 24.4 Å². The topological polar surface area (TPSA) is 39.1 Å². The molecule has 1 fully saturated rings. The van der Waals surface area contributed by atoms with Crippen LogP contribution in [-0.4, -0.2) is 30.4 Å². The van der Waals surface area contributed by atoms with Gasteiger partial charge in [0.2, 0.25) is 0 Å². The minimum atomic E-state index is 0.311. The Bertz CT molecular complexity index is 363. The Morgan fingerprint density at radius 2 is 1.90 bits per heavy atom. The number of allylic oxidation sites excluding steroid dienone is 2. The van der Waals surface area contributed by atoms with Crippen LogP contribution >= 0.6 is 0 Å². The van der Waals surface area contributed by atoms with Crippen LogP contribution in [0.3, 0.4) is 0 Å². The number of likely N-dealkylation sites (tertiary alicyclic amines) is 1. The van der Waals surface area contributed by atoms with Gasteiger partial charge in [0.25, 0.3) is 0 Å². The second-order valence-corrected chi connectivity index (χ2v) is 6.58. The summed E-state index contributed by atoms with van der Waals surface area (Å²) >= 11 is 0. The molecule has 1 saturated heterocycles. The van der Waals surface area contributed by atoms with Gasteiger partial charge in [0, 0.05) is 24.7 Å². The first-order valence-electron chi connectivity index (χ1n) is 8.37. The molecule has 1 rings (SSSR count). The van der Waals surface area contributed by atoms with E-state index in [4.69, 9.17) is 5.41 Å². The zero-order valence-corrected chi connectivity index (χ0v) is 14.3. The Kier molecular flexibility index (Phi) is 7.55. The standard InChI is InChI=1S/C18H33N3/c1-6-17-9-11-21(12-10-17)18(19)13-20-16(5)15(4)8-7-14(2)3/h7-8,14-15,17,19-20H,5-6,9-13H2,1-4H3/b8-7+,19-18?. The fraction of sp³-hybridized carbons (Fsp3) is 0.722. The molecule has 0 radical (unpaired) electrons. The Labute approximate surface area is 131 Å². The van der Waals surface area contributed by atoms with Gasteiger partial charge in [-0.3, -0.25) is 5.41 Å². The summed E-state index contributed by atoms with van der Waals surface area (Å²) in [6.07, 6.45) is 8.13. The Hall–Kier alpha value is -1.25. The third-order valence-corrected chi connectivity index (χ3v) is 4.39. The number of hydrogen-bond donors (Lipinski definition) is 2. The molecule has 3 heteroatoms. The summed E-state index contributed by atoms with van der Waals surface area (Å²) in [5.41, 5.74) is 1.00. The van der Waals surface area contributed by atoms with E-state index in [2.05, 4.69) is 56.6 Å². The van der Waals surface area contributed by atoms with Crippen LogP contribution in [0.1, 0.15) is 47.0 Å². The zero-order valence-electron chi connectivity index (χ0n) is 14.3. The average Bonchev–Trinajstić information content (AvgIpc) is 2.49. The van der Waals surface area contributed by atoms with Crippen molar-refractivity contribution in [2.45, 2.75) is 47.0 Å². The van der Waals surface area contributed by atoms with Gasteiger partial charge in [0.1, 0.15) is 5.84 Å². The second kappa shape index (κ2) is 8.91. The highest BCUT2D eigenvalue weighted by molar-refractivity contribution is 5.81. The summed E-state index contributed by atoms with van der Waals surface area (Å²) in [7, 11) is 0. The molecule has 0 amide bonds. The van der Waals surface area contributed by atoms with Crippen LogP contribution in [0.2, 0.25) is 0 Å². The van der Waals surface area contributed by atoms with Gasteiger partial charge in [0.05, 0.1) is 6.54 Å². The van der Waals surface area contributed by atoms with E-state index >= 15 is 0 Å². The highest BCUT2D eigenvalue weighted by Crippen LogP contribution is 2.19. The number of nitrogens with one attached hydrogen (secondary N) is 2. The molecule has 120 valence electrons. The molecule has 1 aliphatic rings. The van der Waals surface area contributed by atoms with Gasteiger partial charge in [-0.1, -0.05) is 52.8 Å². The van der Waals surface area contributed by atoms with E-state index in [0.717, 1.165) is 24.7 Å². The lowest BCUT2D eigenvalue weighted by Crippen LogP contribution is -2.42. The Morgan fingerprint density at radius 3 is 2.43 bits per heavy atom. The predicted octanol–water partition coefficient (Wildman–Crippen LogP) is 4.04. The molecule has 0 spiro atoms. The molecule has 1 unspecified atom stereocenters. The van der Waals surface area contributed by atoms with Gasteiger partial charge in [-0.15, -0.1) is 0 Å². The van der Waals surface area contributed by atoms with Gasteiger partial charge in [-0.2, -0.15) is 0 Å². The van der Waals surface area contributed by atoms with Crippen LogP contribution in [-0.2, 0) is 0 Å². The molecular weight excluding hydrogens is 258 g/mol. The molecule has 1 heterocycles. The Balaban J connectivity index is 2.31. The summed E-state index contributed by atoms with van der Waals surface area (Å²) < 4.78 is 0. The quantitative estimate of drug-likeness (QED) is 0.422. The first kappa shape index (κ1) is 17.8. The summed E-state index contributed by atoms with van der Waals surface area (Å²) in [6, 6.07) is 0. The molecular formula is C18H33N3. The molecule has 0 aromatic carbocycles. The second-order valence-electron chi connectivity index (χ2n) is 6.58. The first-order valence-corrected chi connectivity index (χ1v) is 8.37. The fourth-order valence-corrected chi connectivity index (χ4v) is 2.59. The van der Waals surface area contributed by atoms with Crippen molar-refractivity contribution in [3.8, 4) is 0 Å². The van der Waals surface area contributed by atoms with Gasteiger partial charge in [-0.05, 0) is 24.7 Å². The smallest absolute Gasteiger partial charge is 0.115 e. The van der Waals surface area contributed by atoms with E-state index in [9.17, 15) is 0 Å². The lowest BCUT2D eigenvalue weighted by molar-refractivity contribution is 0.257. The highest BCUT2D eigenvalue weighted by atomic mass is 15.2. The van der Waals surface area contributed by atoms with Gasteiger partial charge in [0.15, 0.2) is 0 Å². The van der Waals surface area contributed by atoms with Crippen LogP contribution in [0.4, 0.5) is 0 Å². The molecule has 1 aliphatic heterocycles. The van der Waals surface area contributed by atoms with Gasteiger partial charge in [-0.25, -0.2) is 0 Å². The van der Waals surface area contributed by atoms with Gasteiger partial charge < -0.3 is 10.2 Å². The fourth-order valence-electron chi connectivity index (χ4n) is 2.59. The van der Waals surface area contributed by atoms with Crippen LogP contribution < -0.4 is 5.32 Å². The molecule has 0 saturated carbocycles. The summed E-state index contributed by atoms with van der Waals surface area (Å²) in [4.78, 5) is 2.21. The normalized spacial score (nSPS) is 18.2. The largest absolute Gasteiger partial charge is 0.381 e. The predicted molar refractivity (Wildman–Crippen MR) is 92.6 cm³/mol. The maximum absolute atomic E-state index is 8.21. The Morgan fingerprint density at radius 1 is 1.29 bits per heavy atom. The molecule has 2 N–H and O–H groups in total. The minimum Gasteiger partial charge on any atom is -0.381 e. The van der Waals surface area contributed by atoms with E-state index in [1.54, 1.807) is 0 Å². The van der Waals surface area contributed by atoms with Crippen molar-refractivity contribution in [1.29, 1.82) is 5.41 Å². The lowest BCUT2D eigenvalue weighted by Gasteiger charge is -2.33. The van der Waals surface area contributed by atoms with Crippen molar-refractivity contribution in [3.63, 3.8) is 0 Å². The van der Waals surface area contributed by atoms with Crippen LogP contribution in [0.5, 0.6) is 0 Å². The molecule has 1 atom stereocenters. The molecule has 0 aromatic rings. The van der Waals surface area contributed by atoms with E-state index < -0.39 is 0 Å². The van der Waals surface area contributed by atoms with Crippen LogP contribution in [0.15, 0.2) is 24.4 Å². The maximum atomic E-state index is 8.21. The van der Waals surface area contributed by atoms with E-state index in [-0.39, 0.29) is 0 Å². The lowest BCUT2D eigenvalue weighted by atomic mass is 9.94. The summed E-state index contributed by atoms with van der Waals surface area (Å²) in [5.74, 6) is 2.44. The van der Waals surface area contributed by atoms with Crippen molar-refractivity contribution < 1.29 is 0 Å². The van der Waals surface area contributed by atoms with E-state index in [0.29, 0.717) is 24.2 Å². The number of nitrogens with zero attached hydrogens (tertiary/aromatic N) is 1. The third kappa shape index (κ3) is 6.36. The van der Waals surface area contributed by atoms with E-state index in [1.807, 2.05) is 0 Å². The molecule has 3 nitrogen and oxygen atoms in total. The molecule has 0 bridgehead atoms. The summed E-state index contributed by atoms with van der Waals surface area (Å²) in [6.45, 7) is 15.5.